The first-order valence-electron chi connectivity index (χ1n) is 8.14. The average Bonchev–Trinajstić information content (AvgIpc) is 2.49. The number of hydrogen-bond acceptors (Lipinski definition) is 2. The van der Waals surface area contributed by atoms with Gasteiger partial charge in [-0.25, -0.2) is 0 Å². The highest BCUT2D eigenvalue weighted by Gasteiger charge is 2.30. The Morgan fingerprint density at radius 1 is 1.14 bits per heavy atom. The van der Waals surface area contributed by atoms with Gasteiger partial charge in [0.1, 0.15) is 0 Å². The number of aryl methyl sites for hydroxylation is 1. The van der Waals surface area contributed by atoms with Crippen molar-refractivity contribution in [3.8, 4) is 0 Å². The molecule has 0 N–H and O–H groups in total. The third kappa shape index (κ3) is 2.86. The van der Waals surface area contributed by atoms with Crippen LogP contribution in [0.5, 0.6) is 0 Å². The summed E-state index contributed by atoms with van der Waals surface area (Å²) in [6.45, 7) is 16.9. The van der Waals surface area contributed by atoms with Gasteiger partial charge in [0, 0.05) is 30.9 Å². The molecule has 21 heavy (non-hydrogen) atoms. The van der Waals surface area contributed by atoms with Crippen molar-refractivity contribution in [2.75, 3.05) is 13.6 Å². The summed E-state index contributed by atoms with van der Waals surface area (Å²) in [4.78, 5) is 7.33. The lowest BCUT2D eigenvalue weighted by Gasteiger charge is -2.29. The summed E-state index contributed by atoms with van der Waals surface area (Å²) in [6, 6.07) is 2.30. The van der Waals surface area contributed by atoms with E-state index >= 15 is 0 Å². The van der Waals surface area contributed by atoms with Crippen LogP contribution < -0.4 is 0 Å². The van der Waals surface area contributed by atoms with Crippen LogP contribution in [-0.4, -0.2) is 23.5 Å². The SMILES string of the molecule is CC1=C(C)N(C)CC(C(C)C)c2c(C(C)C)cc(C)nc21. The molecule has 2 heteroatoms. The van der Waals surface area contributed by atoms with Crippen molar-refractivity contribution in [1.29, 1.82) is 0 Å². The van der Waals surface area contributed by atoms with Gasteiger partial charge < -0.3 is 4.90 Å². The van der Waals surface area contributed by atoms with Crippen LogP contribution in [0.3, 0.4) is 0 Å². The van der Waals surface area contributed by atoms with E-state index in [1.54, 1.807) is 0 Å². The molecule has 0 aromatic carbocycles. The minimum absolute atomic E-state index is 0.540. The van der Waals surface area contributed by atoms with Crippen molar-refractivity contribution < 1.29 is 0 Å². The third-order valence-corrected chi connectivity index (χ3v) is 4.96. The van der Waals surface area contributed by atoms with Gasteiger partial charge in [-0.3, -0.25) is 4.98 Å². The third-order valence-electron chi connectivity index (χ3n) is 4.96. The molecule has 1 atom stereocenters. The van der Waals surface area contributed by atoms with Gasteiger partial charge in [-0.1, -0.05) is 27.7 Å². The first-order valence-corrected chi connectivity index (χ1v) is 8.14. The van der Waals surface area contributed by atoms with Crippen LogP contribution in [0.15, 0.2) is 11.8 Å². The van der Waals surface area contributed by atoms with E-state index in [1.165, 1.54) is 28.1 Å². The van der Waals surface area contributed by atoms with E-state index in [0.717, 1.165) is 12.2 Å². The van der Waals surface area contributed by atoms with Gasteiger partial charge in [-0.15, -0.1) is 0 Å². The zero-order valence-electron chi connectivity index (χ0n) is 14.9. The second-order valence-corrected chi connectivity index (χ2v) is 7.21. The molecular formula is C19H30N2. The fraction of sp³-hybridized carbons (Fsp3) is 0.632. The van der Waals surface area contributed by atoms with Crippen LogP contribution >= 0.6 is 0 Å². The molecule has 0 bridgehead atoms. The number of likely N-dealkylation sites (N-methyl/N-ethyl adjacent to an activating group) is 1. The molecule has 0 saturated heterocycles. The van der Waals surface area contributed by atoms with Crippen molar-refractivity contribution in [2.24, 2.45) is 5.92 Å². The first kappa shape index (κ1) is 16.1. The Hall–Kier alpha value is -1.31. The minimum atomic E-state index is 0.540. The van der Waals surface area contributed by atoms with E-state index in [9.17, 15) is 0 Å². The lowest BCUT2D eigenvalue weighted by atomic mass is 9.81. The van der Waals surface area contributed by atoms with Gasteiger partial charge in [0.2, 0.25) is 0 Å². The number of nitrogens with zero attached hydrogens (tertiary/aromatic N) is 2. The molecule has 0 radical (unpaired) electrons. The molecule has 2 nitrogen and oxygen atoms in total. The van der Waals surface area contributed by atoms with Gasteiger partial charge in [-0.2, -0.15) is 0 Å². The van der Waals surface area contributed by atoms with Crippen LogP contribution in [0.1, 0.15) is 75.9 Å². The summed E-state index contributed by atoms with van der Waals surface area (Å²) in [7, 11) is 2.21. The number of hydrogen-bond donors (Lipinski definition) is 0. The zero-order valence-corrected chi connectivity index (χ0v) is 14.9. The molecule has 1 unspecified atom stereocenters. The number of pyridine rings is 1. The predicted molar refractivity (Wildman–Crippen MR) is 91.5 cm³/mol. The highest BCUT2D eigenvalue weighted by atomic mass is 15.1. The van der Waals surface area contributed by atoms with Crippen LogP contribution in [-0.2, 0) is 0 Å². The molecule has 1 aromatic rings. The summed E-state index contributed by atoms with van der Waals surface area (Å²) in [5.74, 6) is 1.70. The van der Waals surface area contributed by atoms with Crippen LogP contribution in [0.25, 0.3) is 5.57 Å². The maximum absolute atomic E-state index is 4.93. The molecule has 0 aliphatic carbocycles. The van der Waals surface area contributed by atoms with E-state index in [2.05, 4.69) is 66.5 Å². The molecule has 0 spiro atoms. The number of fused-ring (bicyclic) bond motifs is 1. The van der Waals surface area contributed by atoms with E-state index in [-0.39, 0.29) is 0 Å². The van der Waals surface area contributed by atoms with Gasteiger partial charge in [0.15, 0.2) is 0 Å². The highest BCUT2D eigenvalue weighted by molar-refractivity contribution is 5.69. The predicted octanol–water partition coefficient (Wildman–Crippen LogP) is 4.95. The molecule has 2 heterocycles. The van der Waals surface area contributed by atoms with Crippen molar-refractivity contribution in [1.82, 2.24) is 9.88 Å². The van der Waals surface area contributed by atoms with Crippen molar-refractivity contribution in [3.63, 3.8) is 0 Å². The number of rotatable bonds is 2. The normalized spacial score (nSPS) is 19.3. The van der Waals surface area contributed by atoms with E-state index in [4.69, 9.17) is 4.98 Å². The molecule has 1 aliphatic rings. The molecule has 1 aromatic heterocycles. The van der Waals surface area contributed by atoms with Crippen molar-refractivity contribution in [2.45, 2.75) is 60.3 Å². The fourth-order valence-corrected chi connectivity index (χ4v) is 3.39. The summed E-state index contributed by atoms with van der Waals surface area (Å²) in [5.41, 5.74) is 8.04. The van der Waals surface area contributed by atoms with E-state index < -0.39 is 0 Å². The smallest absolute Gasteiger partial charge is 0.0717 e. The number of aromatic nitrogens is 1. The topological polar surface area (TPSA) is 16.1 Å². The quantitative estimate of drug-likeness (QED) is 0.764. The Balaban J connectivity index is 2.80. The van der Waals surface area contributed by atoms with Crippen molar-refractivity contribution >= 4 is 5.57 Å². The van der Waals surface area contributed by atoms with Gasteiger partial charge in [0.05, 0.1) is 5.69 Å². The standard InChI is InChI=1S/C19H30N2/c1-11(2)16-9-13(5)20-19-14(6)15(7)21(8)10-17(12(3)4)18(16)19/h9,11-12,17H,10H2,1-8H3. The summed E-state index contributed by atoms with van der Waals surface area (Å²) < 4.78 is 0. The Morgan fingerprint density at radius 3 is 2.29 bits per heavy atom. The largest absolute Gasteiger partial charge is 0.377 e. The van der Waals surface area contributed by atoms with Crippen LogP contribution in [0.2, 0.25) is 0 Å². The van der Waals surface area contributed by atoms with Gasteiger partial charge >= 0.3 is 0 Å². The molecule has 1 aliphatic heterocycles. The maximum Gasteiger partial charge on any atom is 0.0717 e. The minimum Gasteiger partial charge on any atom is -0.377 e. The Morgan fingerprint density at radius 2 is 1.76 bits per heavy atom. The lowest BCUT2D eigenvalue weighted by molar-refractivity contribution is 0.341. The molecule has 116 valence electrons. The Labute approximate surface area is 130 Å². The highest BCUT2D eigenvalue weighted by Crippen LogP contribution is 2.40. The van der Waals surface area contributed by atoms with Crippen LogP contribution in [0.4, 0.5) is 0 Å². The average molecular weight is 286 g/mol. The summed E-state index contributed by atoms with van der Waals surface area (Å²) in [6.07, 6.45) is 0. The molecule has 0 fully saturated rings. The van der Waals surface area contributed by atoms with Gasteiger partial charge in [-0.05, 0) is 55.4 Å². The summed E-state index contributed by atoms with van der Waals surface area (Å²) in [5, 5.41) is 0. The molecule has 0 amide bonds. The second kappa shape index (κ2) is 5.82. The molecule has 0 saturated carbocycles. The number of allylic oxidation sites excluding steroid dienone is 2. The van der Waals surface area contributed by atoms with Crippen LogP contribution in [0, 0.1) is 12.8 Å². The fourth-order valence-electron chi connectivity index (χ4n) is 3.39. The molecular weight excluding hydrogens is 256 g/mol. The maximum atomic E-state index is 4.93. The lowest BCUT2D eigenvalue weighted by Crippen LogP contribution is -2.25. The van der Waals surface area contributed by atoms with E-state index in [1.807, 2.05) is 0 Å². The first-order chi connectivity index (χ1) is 9.73. The second-order valence-electron chi connectivity index (χ2n) is 7.21. The van der Waals surface area contributed by atoms with Crippen molar-refractivity contribution in [3.05, 3.63) is 34.3 Å². The Bertz CT molecular complexity index is 567. The van der Waals surface area contributed by atoms with E-state index in [0.29, 0.717) is 17.8 Å². The Kier molecular flexibility index (Phi) is 4.46. The zero-order chi connectivity index (χ0) is 15.9. The molecule has 2 rings (SSSR count). The summed E-state index contributed by atoms with van der Waals surface area (Å²) >= 11 is 0. The van der Waals surface area contributed by atoms with Gasteiger partial charge in [0.25, 0.3) is 0 Å². The monoisotopic (exact) mass is 286 g/mol.